The summed E-state index contributed by atoms with van der Waals surface area (Å²) in [6, 6.07) is 10.7. The first-order chi connectivity index (χ1) is 7.81. The van der Waals surface area contributed by atoms with Crippen molar-refractivity contribution in [2.45, 2.75) is 11.9 Å². The van der Waals surface area contributed by atoms with Gasteiger partial charge >= 0.3 is 0 Å². The number of rotatable bonds is 4. The molecule has 3 heteroatoms. The van der Waals surface area contributed by atoms with Crippen molar-refractivity contribution >= 4 is 33.0 Å². The molecule has 2 aromatic rings. The minimum Gasteiger partial charge on any atom is -0.370 e. The van der Waals surface area contributed by atoms with Gasteiger partial charge in [-0.25, -0.2) is 0 Å². The summed E-state index contributed by atoms with van der Waals surface area (Å²) in [5, 5.41) is 5.23. The minimum atomic E-state index is 0.900. The first-order valence-electron chi connectivity index (χ1n) is 5.17. The van der Waals surface area contributed by atoms with Crippen molar-refractivity contribution in [3.05, 3.63) is 52.2 Å². The molecule has 0 N–H and O–H groups in total. The molecule has 84 valence electrons. The predicted octanol–water partition coefficient (Wildman–Crippen LogP) is 4.28. The van der Waals surface area contributed by atoms with Gasteiger partial charge < -0.3 is 4.90 Å². The summed E-state index contributed by atoms with van der Waals surface area (Å²) >= 11 is 5.28. The highest BCUT2D eigenvalue weighted by Crippen LogP contribution is 2.23. The Labute approximate surface area is 109 Å². The van der Waals surface area contributed by atoms with Crippen LogP contribution in [0.15, 0.2) is 41.1 Å². The number of anilines is 1. The number of alkyl halides is 1. The van der Waals surface area contributed by atoms with Gasteiger partial charge in [-0.15, -0.1) is 0 Å². The zero-order valence-corrected chi connectivity index (χ0v) is 11.6. The lowest BCUT2D eigenvalue weighted by Crippen LogP contribution is -2.17. The molecule has 0 atom stereocenters. The summed E-state index contributed by atoms with van der Waals surface area (Å²) < 4.78 is 0. The molecule has 0 unspecified atom stereocenters. The molecule has 0 saturated carbocycles. The first-order valence-corrected chi connectivity index (χ1v) is 7.24. The molecule has 2 rings (SSSR count). The van der Waals surface area contributed by atoms with Crippen LogP contribution in [0, 0.1) is 0 Å². The topological polar surface area (TPSA) is 3.24 Å². The van der Waals surface area contributed by atoms with E-state index in [1.165, 1.54) is 16.8 Å². The quantitative estimate of drug-likeness (QED) is 0.761. The molecule has 0 aliphatic rings. The van der Waals surface area contributed by atoms with Crippen LogP contribution in [-0.4, -0.2) is 7.05 Å². The van der Waals surface area contributed by atoms with E-state index < -0.39 is 0 Å². The standard InChI is InChI=1S/C13H14BrNS/c1-15(9-11-6-7-16-10-11)13-5-3-2-4-12(13)8-14/h2-7,10H,8-9H2,1H3. The average molecular weight is 296 g/mol. The summed E-state index contributed by atoms with van der Waals surface area (Å²) in [5.41, 5.74) is 4.00. The van der Waals surface area contributed by atoms with Crippen LogP contribution in [0.3, 0.4) is 0 Å². The van der Waals surface area contributed by atoms with Crippen LogP contribution < -0.4 is 4.90 Å². The lowest BCUT2D eigenvalue weighted by atomic mass is 10.2. The van der Waals surface area contributed by atoms with Crippen molar-refractivity contribution in [3.8, 4) is 0 Å². The maximum Gasteiger partial charge on any atom is 0.0434 e. The largest absolute Gasteiger partial charge is 0.370 e. The molecule has 0 fully saturated rings. The number of thiophene rings is 1. The van der Waals surface area contributed by atoms with Crippen LogP contribution in [0.5, 0.6) is 0 Å². The molecule has 1 nitrogen and oxygen atoms in total. The van der Waals surface area contributed by atoms with E-state index in [9.17, 15) is 0 Å². The van der Waals surface area contributed by atoms with Crippen LogP contribution in [0.2, 0.25) is 0 Å². The first kappa shape index (κ1) is 11.7. The SMILES string of the molecule is CN(Cc1ccsc1)c1ccccc1CBr. The lowest BCUT2D eigenvalue weighted by Gasteiger charge is -2.21. The number of para-hydroxylation sites is 1. The second-order valence-electron chi connectivity index (χ2n) is 3.75. The Hall–Kier alpha value is -0.800. The van der Waals surface area contributed by atoms with Crippen molar-refractivity contribution in [1.29, 1.82) is 0 Å². The Morgan fingerprint density at radius 2 is 2.06 bits per heavy atom. The summed E-state index contributed by atoms with van der Waals surface area (Å²) in [6.07, 6.45) is 0. The zero-order valence-electron chi connectivity index (χ0n) is 9.19. The fourth-order valence-electron chi connectivity index (χ4n) is 1.74. The molecule has 0 spiro atoms. The molecule has 0 aliphatic carbocycles. The van der Waals surface area contributed by atoms with Gasteiger partial charge in [0.1, 0.15) is 0 Å². The van der Waals surface area contributed by atoms with E-state index in [-0.39, 0.29) is 0 Å². The normalized spacial score (nSPS) is 10.4. The summed E-state index contributed by atoms with van der Waals surface area (Å²) in [7, 11) is 2.14. The van der Waals surface area contributed by atoms with E-state index in [4.69, 9.17) is 0 Å². The summed E-state index contributed by atoms with van der Waals surface area (Å²) in [5.74, 6) is 0. The third-order valence-electron chi connectivity index (χ3n) is 2.55. The fourth-order valence-corrected chi connectivity index (χ4v) is 2.87. The van der Waals surface area contributed by atoms with Gasteiger partial charge in [0.15, 0.2) is 0 Å². The van der Waals surface area contributed by atoms with E-state index >= 15 is 0 Å². The van der Waals surface area contributed by atoms with Gasteiger partial charge in [0.05, 0.1) is 0 Å². The van der Waals surface area contributed by atoms with E-state index in [0.717, 1.165) is 11.9 Å². The Kier molecular flexibility index (Phi) is 4.02. The second kappa shape index (κ2) is 5.51. The van der Waals surface area contributed by atoms with Crippen LogP contribution in [0.1, 0.15) is 11.1 Å². The van der Waals surface area contributed by atoms with Gasteiger partial charge in [0, 0.05) is 24.6 Å². The molecule has 1 aromatic heterocycles. The highest BCUT2D eigenvalue weighted by molar-refractivity contribution is 9.08. The van der Waals surface area contributed by atoms with Gasteiger partial charge in [-0.2, -0.15) is 11.3 Å². The Morgan fingerprint density at radius 3 is 2.75 bits per heavy atom. The highest BCUT2D eigenvalue weighted by atomic mass is 79.9. The van der Waals surface area contributed by atoms with Crippen molar-refractivity contribution in [3.63, 3.8) is 0 Å². The summed E-state index contributed by atoms with van der Waals surface area (Å²) in [4.78, 5) is 2.29. The Balaban J connectivity index is 2.17. The highest BCUT2D eigenvalue weighted by Gasteiger charge is 2.06. The number of benzene rings is 1. The number of nitrogens with zero attached hydrogens (tertiary/aromatic N) is 1. The third-order valence-corrected chi connectivity index (χ3v) is 3.88. The lowest BCUT2D eigenvalue weighted by molar-refractivity contribution is 0.921. The van der Waals surface area contributed by atoms with Crippen LogP contribution in [-0.2, 0) is 11.9 Å². The molecule has 0 amide bonds. The summed E-state index contributed by atoms with van der Waals surface area (Å²) in [6.45, 7) is 0.966. The third kappa shape index (κ3) is 2.66. The number of halogens is 1. The van der Waals surface area contributed by atoms with Gasteiger partial charge in [-0.05, 0) is 34.0 Å². The van der Waals surface area contributed by atoms with Crippen LogP contribution >= 0.6 is 27.3 Å². The minimum absolute atomic E-state index is 0.900. The van der Waals surface area contributed by atoms with E-state index in [1.807, 2.05) is 0 Å². The maximum absolute atomic E-state index is 3.53. The van der Waals surface area contributed by atoms with Crippen molar-refractivity contribution in [2.24, 2.45) is 0 Å². The monoisotopic (exact) mass is 295 g/mol. The molecule has 1 heterocycles. The molecular formula is C13H14BrNS. The average Bonchev–Trinajstić information content (AvgIpc) is 2.81. The molecule has 0 saturated heterocycles. The van der Waals surface area contributed by atoms with Crippen molar-refractivity contribution in [1.82, 2.24) is 0 Å². The van der Waals surface area contributed by atoms with Gasteiger partial charge in [0.2, 0.25) is 0 Å². The Bertz CT molecular complexity index is 439. The molecular weight excluding hydrogens is 282 g/mol. The zero-order chi connectivity index (χ0) is 11.4. The number of hydrogen-bond donors (Lipinski definition) is 0. The second-order valence-corrected chi connectivity index (χ2v) is 5.09. The molecule has 0 radical (unpaired) electrons. The molecule has 0 aliphatic heterocycles. The van der Waals surface area contributed by atoms with E-state index in [2.05, 4.69) is 69.0 Å². The Morgan fingerprint density at radius 1 is 1.25 bits per heavy atom. The van der Waals surface area contributed by atoms with Crippen molar-refractivity contribution in [2.75, 3.05) is 11.9 Å². The van der Waals surface area contributed by atoms with E-state index in [1.54, 1.807) is 11.3 Å². The molecule has 1 aromatic carbocycles. The van der Waals surface area contributed by atoms with Gasteiger partial charge in [-0.1, -0.05) is 34.1 Å². The van der Waals surface area contributed by atoms with Crippen molar-refractivity contribution < 1.29 is 0 Å². The van der Waals surface area contributed by atoms with Crippen LogP contribution in [0.25, 0.3) is 0 Å². The van der Waals surface area contributed by atoms with Gasteiger partial charge in [-0.3, -0.25) is 0 Å². The predicted molar refractivity (Wildman–Crippen MR) is 75.5 cm³/mol. The molecule has 0 bridgehead atoms. The smallest absolute Gasteiger partial charge is 0.0434 e. The van der Waals surface area contributed by atoms with Gasteiger partial charge in [0.25, 0.3) is 0 Å². The molecule has 16 heavy (non-hydrogen) atoms. The van der Waals surface area contributed by atoms with E-state index in [0.29, 0.717) is 0 Å². The maximum atomic E-state index is 3.53. The van der Waals surface area contributed by atoms with Crippen LogP contribution in [0.4, 0.5) is 5.69 Å². The number of hydrogen-bond acceptors (Lipinski definition) is 2. The fraction of sp³-hybridized carbons (Fsp3) is 0.231.